The van der Waals surface area contributed by atoms with Crippen molar-refractivity contribution in [2.75, 3.05) is 6.54 Å². The zero-order chi connectivity index (χ0) is 13.8. The number of halogens is 1. The van der Waals surface area contributed by atoms with E-state index < -0.39 is 10.0 Å². The molecule has 0 aliphatic rings. The Hall–Kier alpha value is -0.620. The van der Waals surface area contributed by atoms with Gasteiger partial charge in [-0.3, -0.25) is 0 Å². The van der Waals surface area contributed by atoms with Crippen LogP contribution in [0.4, 0.5) is 0 Å². The lowest BCUT2D eigenvalue weighted by Crippen LogP contribution is -2.25. The molecule has 18 heavy (non-hydrogen) atoms. The second kappa shape index (κ2) is 6.52. The molecule has 6 heteroatoms. The van der Waals surface area contributed by atoms with Crippen molar-refractivity contribution in [1.82, 2.24) is 4.72 Å². The van der Waals surface area contributed by atoms with E-state index in [0.29, 0.717) is 24.0 Å². The average molecular weight is 291 g/mol. The van der Waals surface area contributed by atoms with Gasteiger partial charge >= 0.3 is 0 Å². The quantitative estimate of drug-likeness (QED) is 0.843. The highest BCUT2D eigenvalue weighted by Crippen LogP contribution is 2.20. The molecule has 0 bridgehead atoms. The van der Waals surface area contributed by atoms with E-state index in [1.54, 1.807) is 6.07 Å². The third-order valence-electron chi connectivity index (χ3n) is 2.57. The molecule has 4 nitrogen and oxygen atoms in total. The third kappa shape index (κ3) is 4.24. The van der Waals surface area contributed by atoms with Crippen molar-refractivity contribution in [1.29, 1.82) is 0 Å². The monoisotopic (exact) mass is 290 g/mol. The van der Waals surface area contributed by atoms with Gasteiger partial charge in [-0.2, -0.15) is 0 Å². The number of sulfonamides is 1. The Labute approximate surface area is 114 Å². The normalized spacial score (nSPS) is 12.1. The van der Waals surface area contributed by atoms with Crippen LogP contribution in [0.2, 0.25) is 5.02 Å². The van der Waals surface area contributed by atoms with E-state index in [4.69, 9.17) is 17.3 Å². The van der Waals surface area contributed by atoms with Crippen LogP contribution in [0.1, 0.15) is 25.8 Å². The highest BCUT2D eigenvalue weighted by Gasteiger charge is 2.14. The van der Waals surface area contributed by atoms with Gasteiger partial charge in [0.05, 0.1) is 4.90 Å². The summed E-state index contributed by atoms with van der Waals surface area (Å²) in [5.41, 5.74) is 6.21. The van der Waals surface area contributed by atoms with Gasteiger partial charge in [0.15, 0.2) is 0 Å². The van der Waals surface area contributed by atoms with E-state index in [-0.39, 0.29) is 4.90 Å². The Kier molecular flexibility index (Phi) is 5.59. The topological polar surface area (TPSA) is 72.2 Å². The Bertz CT molecular complexity index is 501. The number of hydrogen-bond acceptors (Lipinski definition) is 3. The molecule has 0 spiro atoms. The van der Waals surface area contributed by atoms with Gasteiger partial charge in [0.25, 0.3) is 0 Å². The maximum absolute atomic E-state index is 12.0. The molecule has 102 valence electrons. The van der Waals surface area contributed by atoms with Crippen molar-refractivity contribution in [3.8, 4) is 0 Å². The first-order valence-corrected chi connectivity index (χ1v) is 7.71. The first-order valence-electron chi connectivity index (χ1n) is 5.85. The number of rotatable bonds is 6. The first kappa shape index (κ1) is 15.4. The molecule has 0 aliphatic carbocycles. The predicted molar refractivity (Wildman–Crippen MR) is 74.0 cm³/mol. The van der Waals surface area contributed by atoms with Gasteiger partial charge in [0, 0.05) is 18.1 Å². The van der Waals surface area contributed by atoms with Crippen molar-refractivity contribution in [2.45, 2.75) is 31.7 Å². The van der Waals surface area contributed by atoms with Gasteiger partial charge in [-0.1, -0.05) is 31.5 Å². The maximum Gasteiger partial charge on any atom is 0.240 e. The van der Waals surface area contributed by atoms with Crippen LogP contribution in [0.25, 0.3) is 0 Å². The van der Waals surface area contributed by atoms with E-state index >= 15 is 0 Å². The molecule has 0 heterocycles. The Morgan fingerprint density at radius 2 is 2.06 bits per heavy atom. The van der Waals surface area contributed by atoms with Crippen LogP contribution in [-0.4, -0.2) is 15.0 Å². The molecule has 3 N–H and O–H groups in total. The number of nitrogens with one attached hydrogen (secondary N) is 1. The summed E-state index contributed by atoms with van der Waals surface area (Å²) >= 11 is 5.95. The van der Waals surface area contributed by atoms with Gasteiger partial charge in [0.1, 0.15) is 0 Å². The lowest BCUT2D eigenvalue weighted by Gasteiger charge is -2.09. The molecule has 1 aromatic carbocycles. The van der Waals surface area contributed by atoms with E-state index in [9.17, 15) is 8.42 Å². The summed E-state index contributed by atoms with van der Waals surface area (Å²) in [6, 6.07) is 4.59. The van der Waals surface area contributed by atoms with Crippen LogP contribution in [-0.2, 0) is 16.6 Å². The lowest BCUT2D eigenvalue weighted by molar-refractivity contribution is 0.551. The van der Waals surface area contributed by atoms with Gasteiger partial charge < -0.3 is 5.73 Å². The van der Waals surface area contributed by atoms with Crippen LogP contribution in [0.15, 0.2) is 23.1 Å². The summed E-state index contributed by atoms with van der Waals surface area (Å²) in [7, 11) is -3.48. The molecule has 1 aromatic rings. The lowest BCUT2D eigenvalue weighted by atomic mass is 10.1. The fourth-order valence-electron chi connectivity index (χ4n) is 1.43. The molecule has 0 aliphatic heterocycles. The third-order valence-corrected chi connectivity index (χ3v) is 4.38. The van der Waals surface area contributed by atoms with Gasteiger partial charge in [-0.05, 0) is 30.0 Å². The second-order valence-corrected chi connectivity index (χ2v) is 6.71. The van der Waals surface area contributed by atoms with Gasteiger partial charge in [-0.15, -0.1) is 0 Å². The number of nitrogens with two attached hydrogens (primary N) is 1. The molecule has 0 fully saturated rings. The van der Waals surface area contributed by atoms with E-state index in [1.165, 1.54) is 12.1 Å². The Morgan fingerprint density at radius 3 is 2.56 bits per heavy atom. The Balaban J connectivity index is 2.82. The summed E-state index contributed by atoms with van der Waals surface area (Å²) in [5.74, 6) is 0.455. The smallest absolute Gasteiger partial charge is 0.240 e. The van der Waals surface area contributed by atoms with Crippen molar-refractivity contribution in [3.05, 3.63) is 28.8 Å². The summed E-state index contributed by atoms with van der Waals surface area (Å²) in [4.78, 5) is 0.174. The molecule has 1 rings (SSSR count). The summed E-state index contributed by atoms with van der Waals surface area (Å²) < 4.78 is 26.5. The maximum atomic E-state index is 12.0. The minimum Gasteiger partial charge on any atom is -0.326 e. The van der Waals surface area contributed by atoms with Crippen LogP contribution < -0.4 is 10.5 Å². The van der Waals surface area contributed by atoms with E-state index in [1.807, 2.05) is 13.8 Å². The molecule has 0 aromatic heterocycles. The fourth-order valence-corrected chi connectivity index (χ4v) is 2.82. The molecular formula is C12H19ClN2O2S. The van der Waals surface area contributed by atoms with Crippen molar-refractivity contribution < 1.29 is 8.42 Å². The van der Waals surface area contributed by atoms with Crippen molar-refractivity contribution >= 4 is 21.6 Å². The molecule has 0 saturated carbocycles. The average Bonchev–Trinajstić information content (AvgIpc) is 2.28. The zero-order valence-electron chi connectivity index (χ0n) is 10.6. The molecule has 0 radical (unpaired) electrons. The summed E-state index contributed by atoms with van der Waals surface area (Å²) in [6.07, 6.45) is 0.799. The first-order chi connectivity index (χ1) is 8.36. The standard InChI is InChI=1S/C12H19ClN2O2S/c1-9(2)5-6-15-18(16,17)11-4-3-10(8-14)12(13)7-11/h3-4,7,9,15H,5-6,8,14H2,1-2H3. The summed E-state index contributed by atoms with van der Waals surface area (Å²) in [5, 5.41) is 0.379. The fraction of sp³-hybridized carbons (Fsp3) is 0.500. The van der Waals surface area contributed by atoms with E-state index in [2.05, 4.69) is 4.72 Å². The molecule has 0 unspecified atom stereocenters. The number of hydrogen-bond donors (Lipinski definition) is 2. The minimum atomic E-state index is -3.48. The van der Waals surface area contributed by atoms with Crippen LogP contribution >= 0.6 is 11.6 Å². The van der Waals surface area contributed by atoms with Gasteiger partial charge in [0.2, 0.25) is 10.0 Å². The molecular weight excluding hydrogens is 272 g/mol. The highest BCUT2D eigenvalue weighted by molar-refractivity contribution is 7.89. The Morgan fingerprint density at radius 1 is 1.39 bits per heavy atom. The summed E-state index contributed by atoms with van der Waals surface area (Å²) in [6.45, 7) is 4.80. The highest BCUT2D eigenvalue weighted by atomic mass is 35.5. The second-order valence-electron chi connectivity index (χ2n) is 4.54. The number of benzene rings is 1. The van der Waals surface area contributed by atoms with Crippen LogP contribution in [0.5, 0.6) is 0 Å². The largest absolute Gasteiger partial charge is 0.326 e. The molecule has 0 amide bonds. The van der Waals surface area contributed by atoms with Crippen molar-refractivity contribution in [3.63, 3.8) is 0 Å². The van der Waals surface area contributed by atoms with Crippen LogP contribution in [0, 0.1) is 5.92 Å². The zero-order valence-corrected chi connectivity index (χ0v) is 12.2. The van der Waals surface area contributed by atoms with E-state index in [0.717, 1.165) is 12.0 Å². The van der Waals surface area contributed by atoms with Gasteiger partial charge in [-0.25, -0.2) is 13.1 Å². The predicted octanol–water partition coefficient (Wildman–Crippen LogP) is 2.12. The molecule has 0 saturated heterocycles. The van der Waals surface area contributed by atoms with Crippen LogP contribution in [0.3, 0.4) is 0 Å². The molecule has 0 atom stereocenters. The SMILES string of the molecule is CC(C)CCNS(=O)(=O)c1ccc(CN)c(Cl)c1. The van der Waals surface area contributed by atoms with Crippen molar-refractivity contribution in [2.24, 2.45) is 11.7 Å². The minimum absolute atomic E-state index is 0.174.